The van der Waals surface area contributed by atoms with E-state index in [0.717, 1.165) is 23.3 Å². The molecular weight excluding hydrogens is 595 g/mol. The van der Waals surface area contributed by atoms with Crippen LogP contribution in [0, 0.1) is 11.6 Å². The van der Waals surface area contributed by atoms with Crippen LogP contribution in [0.3, 0.4) is 0 Å². The lowest BCUT2D eigenvalue weighted by Crippen LogP contribution is -2.49. The van der Waals surface area contributed by atoms with Gasteiger partial charge in [0.25, 0.3) is 0 Å². The zero-order chi connectivity index (χ0) is 32.0. The van der Waals surface area contributed by atoms with Gasteiger partial charge in [0.05, 0.1) is 31.1 Å². The number of alkyl halides is 3. The minimum Gasteiger partial charge on any atom is -0.487 e. The van der Waals surface area contributed by atoms with Crippen molar-refractivity contribution in [1.82, 2.24) is 19.8 Å². The summed E-state index contributed by atoms with van der Waals surface area (Å²) in [6.07, 6.45) is -3.24. The first kappa shape index (κ1) is 33.0. The second-order valence-electron chi connectivity index (χ2n) is 10.8. The molecule has 16 heteroatoms. The van der Waals surface area contributed by atoms with Crippen molar-refractivity contribution < 1.29 is 46.1 Å². The van der Waals surface area contributed by atoms with E-state index >= 15 is 0 Å². The number of nitrogens with one attached hydrogen (secondary N) is 1. The number of carbonyl (C=O) groups excluding carboxylic acids is 1. The largest absolute Gasteiger partial charge is 0.490 e. The fourth-order valence-corrected chi connectivity index (χ4v) is 4.97. The standard InChI is InChI=1S/C26H34F2N6O3.C2HF3O2/c1-17(2)29-24-25(32-8-5-19(6-9-32)37-23-4-3-18(27)15-20(23)28)31-21-7-10-34(16-22(21)30-24)26(35)33-11-13-36-14-12-33;3-2(4,5)1(6)7/h3-4,15,17,19H,5-14,16H2,1-2H3,(H,29,30);(H,6,7). The van der Waals surface area contributed by atoms with Gasteiger partial charge in [-0.1, -0.05) is 0 Å². The van der Waals surface area contributed by atoms with Crippen LogP contribution in [0.5, 0.6) is 5.75 Å². The average molecular weight is 631 g/mol. The lowest BCUT2D eigenvalue weighted by atomic mass is 10.1. The Labute approximate surface area is 250 Å². The predicted molar refractivity (Wildman–Crippen MR) is 149 cm³/mol. The number of amides is 2. The summed E-state index contributed by atoms with van der Waals surface area (Å²) in [7, 11) is 0. The van der Waals surface area contributed by atoms with Crippen LogP contribution in [0.4, 0.5) is 38.4 Å². The van der Waals surface area contributed by atoms with Gasteiger partial charge in [-0.2, -0.15) is 13.2 Å². The number of fused-ring (bicyclic) bond motifs is 1. The smallest absolute Gasteiger partial charge is 0.487 e. The normalized spacial score (nSPS) is 17.5. The summed E-state index contributed by atoms with van der Waals surface area (Å²) >= 11 is 0. The van der Waals surface area contributed by atoms with Crippen LogP contribution in [-0.2, 0) is 22.5 Å². The van der Waals surface area contributed by atoms with E-state index in [2.05, 4.69) is 24.1 Å². The molecule has 1 aromatic carbocycles. The Hall–Kier alpha value is -3.95. The monoisotopic (exact) mass is 630 g/mol. The number of ether oxygens (including phenoxy) is 2. The highest BCUT2D eigenvalue weighted by atomic mass is 19.4. The van der Waals surface area contributed by atoms with E-state index in [0.29, 0.717) is 77.6 Å². The van der Waals surface area contributed by atoms with E-state index in [9.17, 15) is 26.7 Å². The summed E-state index contributed by atoms with van der Waals surface area (Å²) in [5, 5.41) is 10.6. The van der Waals surface area contributed by atoms with E-state index in [1.807, 2.05) is 9.80 Å². The fourth-order valence-electron chi connectivity index (χ4n) is 4.97. The molecule has 2 fully saturated rings. The minimum absolute atomic E-state index is 0.0258. The molecule has 2 N–H and O–H groups in total. The number of urea groups is 1. The molecule has 0 unspecified atom stereocenters. The second kappa shape index (κ2) is 14.2. The summed E-state index contributed by atoms with van der Waals surface area (Å²) in [6, 6.07) is 3.56. The van der Waals surface area contributed by atoms with Crippen LogP contribution in [0.2, 0.25) is 0 Å². The number of hydrogen-bond acceptors (Lipinski definition) is 8. The molecule has 0 saturated carbocycles. The number of aromatic nitrogens is 2. The summed E-state index contributed by atoms with van der Waals surface area (Å²) in [6.45, 7) is 8.86. The zero-order valence-corrected chi connectivity index (χ0v) is 24.4. The van der Waals surface area contributed by atoms with Gasteiger partial charge < -0.3 is 34.6 Å². The quantitative estimate of drug-likeness (QED) is 0.472. The first-order valence-corrected chi connectivity index (χ1v) is 14.3. The molecule has 4 heterocycles. The number of hydrogen-bond donors (Lipinski definition) is 2. The molecule has 242 valence electrons. The number of morpholine rings is 1. The maximum absolute atomic E-state index is 14.0. The van der Waals surface area contributed by atoms with Gasteiger partial charge in [-0.05, 0) is 26.0 Å². The molecule has 2 saturated heterocycles. The molecule has 0 bridgehead atoms. The van der Waals surface area contributed by atoms with Crippen molar-refractivity contribution in [2.75, 3.05) is 56.2 Å². The van der Waals surface area contributed by atoms with E-state index in [1.54, 1.807) is 0 Å². The lowest BCUT2D eigenvalue weighted by Gasteiger charge is -2.37. The van der Waals surface area contributed by atoms with Crippen molar-refractivity contribution >= 4 is 23.6 Å². The van der Waals surface area contributed by atoms with Crippen LogP contribution in [0.1, 0.15) is 38.1 Å². The molecule has 0 aliphatic carbocycles. The molecule has 2 amide bonds. The number of nitrogens with zero attached hydrogens (tertiary/aromatic N) is 5. The number of anilines is 2. The second-order valence-corrected chi connectivity index (χ2v) is 10.8. The highest BCUT2D eigenvalue weighted by Crippen LogP contribution is 2.31. The Balaban J connectivity index is 0.000000566. The summed E-state index contributed by atoms with van der Waals surface area (Å²) in [5.74, 6) is -2.48. The number of carboxylic acids is 1. The SMILES string of the molecule is CC(C)Nc1nc2c(nc1N1CCC(Oc3ccc(F)cc3F)CC1)CCN(C(=O)N1CCOCC1)C2.O=C(O)C(F)(F)F. The average Bonchev–Trinajstić information content (AvgIpc) is 2.98. The van der Waals surface area contributed by atoms with Crippen molar-refractivity contribution in [1.29, 1.82) is 0 Å². The zero-order valence-electron chi connectivity index (χ0n) is 24.4. The Kier molecular flexibility index (Phi) is 10.7. The van der Waals surface area contributed by atoms with Crippen molar-refractivity contribution in [2.24, 2.45) is 0 Å². The number of carbonyl (C=O) groups is 2. The van der Waals surface area contributed by atoms with Gasteiger partial charge in [-0.25, -0.2) is 28.3 Å². The molecule has 1 aromatic heterocycles. The van der Waals surface area contributed by atoms with E-state index in [4.69, 9.17) is 29.3 Å². The molecule has 5 rings (SSSR count). The summed E-state index contributed by atoms with van der Waals surface area (Å²) in [5.41, 5.74) is 1.74. The number of halogens is 5. The van der Waals surface area contributed by atoms with E-state index in [-0.39, 0.29) is 23.9 Å². The van der Waals surface area contributed by atoms with Crippen LogP contribution in [0.15, 0.2) is 18.2 Å². The summed E-state index contributed by atoms with van der Waals surface area (Å²) < 4.78 is 70.2. The third-order valence-corrected chi connectivity index (χ3v) is 7.14. The molecule has 0 atom stereocenters. The van der Waals surface area contributed by atoms with Gasteiger partial charge >= 0.3 is 18.2 Å². The summed E-state index contributed by atoms with van der Waals surface area (Å²) in [4.78, 5) is 37.7. The topological polar surface area (TPSA) is 120 Å². The number of piperidine rings is 1. The molecule has 44 heavy (non-hydrogen) atoms. The molecule has 0 spiro atoms. The van der Waals surface area contributed by atoms with Crippen molar-refractivity contribution in [3.05, 3.63) is 41.2 Å². The van der Waals surface area contributed by atoms with Gasteiger partial charge in [0.1, 0.15) is 11.9 Å². The maximum atomic E-state index is 14.0. The Bertz CT molecular complexity index is 1320. The third kappa shape index (κ3) is 8.57. The van der Waals surface area contributed by atoms with Crippen molar-refractivity contribution in [3.8, 4) is 5.75 Å². The minimum atomic E-state index is -5.08. The van der Waals surface area contributed by atoms with E-state index in [1.165, 1.54) is 12.1 Å². The number of carboxylic acid groups (broad SMARTS) is 1. The number of rotatable bonds is 5. The van der Waals surface area contributed by atoms with Gasteiger partial charge in [-0.3, -0.25) is 0 Å². The predicted octanol–water partition coefficient (Wildman–Crippen LogP) is 4.07. The number of benzene rings is 1. The van der Waals surface area contributed by atoms with Crippen molar-refractivity contribution in [3.63, 3.8) is 0 Å². The van der Waals surface area contributed by atoms with E-state index < -0.39 is 23.8 Å². The van der Waals surface area contributed by atoms with Crippen LogP contribution in [0.25, 0.3) is 0 Å². The lowest BCUT2D eigenvalue weighted by molar-refractivity contribution is -0.192. The molecular formula is C28H35F5N6O5. The van der Waals surface area contributed by atoms with Crippen LogP contribution >= 0.6 is 0 Å². The Morgan fingerprint density at radius 3 is 2.27 bits per heavy atom. The Morgan fingerprint density at radius 1 is 1.02 bits per heavy atom. The molecule has 0 radical (unpaired) electrons. The maximum Gasteiger partial charge on any atom is 0.490 e. The van der Waals surface area contributed by atoms with Crippen LogP contribution in [-0.4, -0.2) is 101 Å². The highest BCUT2D eigenvalue weighted by molar-refractivity contribution is 5.75. The molecule has 11 nitrogen and oxygen atoms in total. The Morgan fingerprint density at radius 2 is 1.68 bits per heavy atom. The first-order chi connectivity index (χ1) is 20.8. The number of aliphatic carboxylic acids is 1. The van der Waals surface area contributed by atoms with Gasteiger partial charge in [0.2, 0.25) is 0 Å². The van der Waals surface area contributed by atoms with Gasteiger partial charge in [0, 0.05) is 64.1 Å². The third-order valence-electron chi connectivity index (χ3n) is 7.14. The molecule has 2 aromatic rings. The van der Waals surface area contributed by atoms with Gasteiger partial charge in [-0.15, -0.1) is 0 Å². The molecule has 3 aliphatic rings. The van der Waals surface area contributed by atoms with Crippen molar-refractivity contribution in [2.45, 2.75) is 58.0 Å². The first-order valence-electron chi connectivity index (χ1n) is 14.3. The fraction of sp³-hybridized carbons (Fsp3) is 0.571. The molecule has 3 aliphatic heterocycles. The van der Waals surface area contributed by atoms with Crippen LogP contribution < -0.4 is 15.0 Å². The highest BCUT2D eigenvalue weighted by Gasteiger charge is 2.38. The van der Waals surface area contributed by atoms with Gasteiger partial charge in [0.15, 0.2) is 23.2 Å².